The van der Waals surface area contributed by atoms with Crippen LogP contribution in [-0.4, -0.2) is 28.7 Å². The van der Waals surface area contributed by atoms with E-state index in [9.17, 15) is 10.2 Å². The van der Waals surface area contributed by atoms with Crippen LogP contribution in [-0.2, 0) is 0 Å². The van der Waals surface area contributed by atoms with Crippen LogP contribution in [0.25, 0.3) is 0 Å². The molecule has 0 aliphatic carbocycles. The number of benzene rings is 2. The minimum Gasteiger partial charge on any atom is -0.448 e. The van der Waals surface area contributed by atoms with Gasteiger partial charge in [0.1, 0.15) is 24.2 Å². The molecule has 20 heavy (non-hydrogen) atoms. The van der Waals surface area contributed by atoms with E-state index >= 15 is 0 Å². The van der Waals surface area contributed by atoms with Gasteiger partial charge < -0.3 is 19.7 Å². The lowest BCUT2D eigenvalue weighted by Gasteiger charge is -2.35. The van der Waals surface area contributed by atoms with E-state index in [1.807, 2.05) is 36.4 Å². The average Bonchev–Trinajstić information content (AvgIpc) is 2.48. The summed E-state index contributed by atoms with van der Waals surface area (Å²) in [7, 11) is 0. The third-order valence-electron chi connectivity index (χ3n) is 2.92. The summed E-state index contributed by atoms with van der Waals surface area (Å²) in [5, 5.41) is 19.6. The molecule has 0 radical (unpaired) electrons. The van der Waals surface area contributed by atoms with Crippen molar-refractivity contribution in [3.63, 3.8) is 0 Å². The van der Waals surface area contributed by atoms with E-state index in [2.05, 4.69) is 0 Å². The van der Waals surface area contributed by atoms with Crippen molar-refractivity contribution in [3.05, 3.63) is 60.7 Å². The SMILES string of the molecule is CC(O)C(CO)(Oc1ccccc1)Oc1ccccc1. The van der Waals surface area contributed by atoms with Crippen LogP contribution in [0, 0.1) is 0 Å². The summed E-state index contributed by atoms with van der Waals surface area (Å²) in [6.07, 6.45) is -1.02. The number of hydrogen-bond donors (Lipinski definition) is 2. The Morgan fingerprint density at radius 2 is 1.30 bits per heavy atom. The van der Waals surface area contributed by atoms with Gasteiger partial charge in [0.15, 0.2) is 0 Å². The van der Waals surface area contributed by atoms with Gasteiger partial charge in [-0.1, -0.05) is 36.4 Å². The van der Waals surface area contributed by atoms with E-state index in [1.54, 1.807) is 24.3 Å². The second-order valence-corrected chi connectivity index (χ2v) is 4.48. The lowest BCUT2D eigenvalue weighted by atomic mass is 10.1. The average molecular weight is 274 g/mol. The van der Waals surface area contributed by atoms with Gasteiger partial charge in [-0.05, 0) is 31.2 Å². The summed E-state index contributed by atoms with van der Waals surface area (Å²) in [5.74, 6) is -0.514. The predicted molar refractivity (Wildman–Crippen MR) is 75.6 cm³/mol. The lowest BCUT2D eigenvalue weighted by molar-refractivity contribution is -0.202. The predicted octanol–water partition coefficient (Wildman–Crippen LogP) is 2.21. The monoisotopic (exact) mass is 274 g/mol. The molecule has 106 valence electrons. The van der Waals surface area contributed by atoms with Gasteiger partial charge in [-0.2, -0.15) is 0 Å². The number of hydrogen-bond acceptors (Lipinski definition) is 4. The Kier molecular flexibility index (Phi) is 4.61. The molecule has 0 aromatic heterocycles. The third kappa shape index (κ3) is 3.29. The minimum absolute atomic E-state index is 0.478. The zero-order valence-electron chi connectivity index (χ0n) is 11.3. The molecule has 2 aromatic rings. The maximum atomic E-state index is 9.98. The fourth-order valence-electron chi connectivity index (χ4n) is 1.76. The number of rotatable bonds is 6. The minimum atomic E-state index is -1.54. The summed E-state index contributed by atoms with van der Waals surface area (Å²) in [4.78, 5) is 0. The van der Waals surface area contributed by atoms with Gasteiger partial charge in [-0.15, -0.1) is 0 Å². The van der Waals surface area contributed by atoms with E-state index in [1.165, 1.54) is 6.92 Å². The van der Waals surface area contributed by atoms with E-state index in [0.29, 0.717) is 11.5 Å². The Bertz CT molecular complexity index is 469. The van der Waals surface area contributed by atoms with Crippen molar-refractivity contribution in [2.45, 2.75) is 18.8 Å². The Hall–Kier alpha value is -2.04. The van der Waals surface area contributed by atoms with Crippen molar-refractivity contribution in [1.29, 1.82) is 0 Å². The molecule has 0 aliphatic rings. The highest BCUT2D eigenvalue weighted by Gasteiger charge is 2.40. The van der Waals surface area contributed by atoms with Crippen LogP contribution in [0.1, 0.15) is 6.92 Å². The van der Waals surface area contributed by atoms with Gasteiger partial charge in [-0.3, -0.25) is 0 Å². The Morgan fingerprint density at radius 3 is 1.60 bits per heavy atom. The molecule has 2 rings (SSSR count). The normalized spacial score (nSPS) is 12.8. The summed E-state index contributed by atoms with van der Waals surface area (Å²) < 4.78 is 11.4. The molecular formula is C16H18O4. The Morgan fingerprint density at radius 1 is 0.900 bits per heavy atom. The highest BCUT2D eigenvalue weighted by atomic mass is 16.7. The summed E-state index contributed by atoms with van der Waals surface area (Å²) >= 11 is 0. The fourth-order valence-corrected chi connectivity index (χ4v) is 1.76. The zero-order chi connectivity index (χ0) is 14.4. The van der Waals surface area contributed by atoms with Crippen molar-refractivity contribution in [1.82, 2.24) is 0 Å². The molecule has 0 heterocycles. The molecule has 4 heteroatoms. The van der Waals surface area contributed by atoms with E-state index in [-0.39, 0.29) is 0 Å². The molecule has 0 saturated carbocycles. The summed E-state index contributed by atoms with van der Waals surface area (Å²) in [5.41, 5.74) is 0. The molecular weight excluding hydrogens is 256 g/mol. The molecule has 4 nitrogen and oxygen atoms in total. The van der Waals surface area contributed by atoms with Gasteiger partial charge in [-0.25, -0.2) is 0 Å². The Balaban J connectivity index is 2.26. The quantitative estimate of drug-likeness (QED) is 0.793. The Labute approximate surface area is 118 Å². The smallest absolute Gasteiger partial charge is 0.300 e. The molecule has 1 atom stereocenters. The van der Waals surface area contributed by atoms with Crippen LogP contribution in [0.5, 0.6) is 11.5 Å². The highest BCUT2D eigenvalue weighted by molar-refractivity contribution is 5.24. The largest absolute Gasteiger partial charge is 0.448 e. The van der Waals surface area contributed by atoms with Crippen molar-refractivity contribution in [2.24, 2.45) is 0 Å². The first-order valence-corrected chi connectivity index (χ1v) is 6.43. The van der Waals surface area contributed by atoms with Gasteiger partial charge in [0.05, 0.1) is 0 Å². The van der Waals surface area contributed by atoms with E-state index < -0.39 is 18.5 Å². The van der Waals surface area contributed by atoms with E-state index in [4.69, 9.17) is 9.47 Å². The molecule has 1 unspecified atom stereocenters. The van der Waals surface area contributed by atoms with Crippen molar-refractivity contribution in [3.8, 4) is 11.5 Å². The van der Waals surface area contributed by atoms with Crippen LogP contribution in [0.3, 0.4) is 0 Å². The molecule has 0 saturated heterocycles. The van der Waals surface area contributed by atoms with Crippen LogP contribution in [0.15, 0.2) is 60.7 Å². The van der Waals surface area contributed by atoms with Gasteiger partial charge >= 0.3 is 0 Å². The number of aliphatic hydroxyl groups excluding tert-OH is 2. The fraction of sp³-hybridized carbons (Fsp3) is 0.250. The topological polar surface area (TPSA) is 58.9 Å². The maximum Gasteiger partial charge on any atom is 0.300 e. The third-order valence-corrected chi connectivity index (χ3v) is 2.92. The van der Waals surface area contributed by atoms with Gasteiger partial charge in [0.25, 0.3) is 5.79 Å². The zero-order valence-corrected chi connectivity index (χ0v) is 11.3. The number of para-hydroxylation sites is 2. The second kappa shape index (κ2) is 6.41. The van der Waals surface area contributed by atoms with Crippen LogP contribution < -0.4 is 9.47 Å². The standard InChI is InChI=1S/C16H18O4/c1-13(18)16(12-17,19-14-8-4-2-5-9-14)20-15-10-6-3-7-11-15/h2-11,13,17-18H,12H2,1H3. The van der Waals surface area contributed by atoms with Gasteiger partial charge in [0, 0.05) is 0 Å². The lowest BCUT2D eigenvalue weighted by Crippen LogP contribution is -2.54. The molecule has 2 aromatic carbocycles. The van der Waals surface area contributed by atoms with Gasteiger partial charge in [0.2, 0.25) is 0 Å². The number of ether oxygens (including phenoxy) is 2. The molecule has 0 spiro atoms. The van der Waals surface area contributed by atoms with Crippen molar-refractivity contribution >= 4 is 0 Å². The van der Waals surface area contributed by atoms with Crippen molar-refractivity contribution < 1.29 is 19.7 Å². The molecule has 0 aliphatic heterocycles. The summed E-state index contributed by atoms with van der Waals surface area (Å²) in [6.45, 7) is 1.04. The molecule has 0 fully saturated rings. The molecule has 0 bridgehead atoms. The van der Waals surface area contributed by atoms with Crippen molar-refractivity contribution in [2.75, 3.05) is 6.61 Å². The maximum absolute atomic E-state index is 9.98. The van der Waals surface area contributed by atoms with Crippen LogP contribution in [0.4, 0.5) is 0 Å². The first-order chi connectivity index (χ1) is 9.66. The van der Waals surface area contributed by atoms with Crippen LogP contribution in [0.2, 0.25) is 0 Å². The summed E-state index contributed by atoms with van der Waals surface area (Å²) in [6, 6.07) is 17.9. The first-order valence-electron chi connectivity index (χ1n) is 6.43. The van der Waals surface area contributed by atoms with E-state index in [0.717, 1.165) is 0 Å². The number of aliphatic hydroxyl groups is 2. The highest BCUT2D eigenvalue weighted by Crippen LogP contribution is 2.25. The molecule has 2 N–H and O–H groups in total. The molecule has 0 amide bonds. The second-order valence-electron chi connectivity index (χ2n) is 4.48. The first kappa shape index (κ1) is 14.4. The van der Waals surface area contributed by atoms with Crippen LogP contribution >= 0.6 is 0 Å².